The number of aromatic nitrogens is 1. The minimum Gasteiger partial charge on any atom is -0.374 e. The van der Waals surface area contributed by atoms with Gasteiger partial charge < -0.3 is 14.8 Å². The fourth-order valence-electron chi connectivity index (χ4n) is 2.79. The predicted octanol–water partition coefficient (Wildman–Crippen LogP) is 1.51. The van der Waals surface area contributed by atoms with Crippen LogP contribution in [0.2, 0.25) is 0 Å². The lowest BCUT2D eigenvalue weighted by Crippen LogP contribution is -2.41. The molecule has 0 aromatic carbocycles. The van der Waals surface area contributed by atoms with Crippen LogP contribution in [0.25, 0.3) is 0 Å². The van der Waals surface area contributed by atoms with Crippen LogP contribution in [0, 0.1) is 0 Å². The number of hydrogen-bond donors (Lipinski definition) is 1. The summed E-state index contributed by atoms with van der Waals surface area (Å²) in [5, 5.41) is 3.49. The summed E-state index contributed by atoms with van der Waals surface area (Å²) in [5.41, 5.74) is 1.12. The van der Waals surface area contributed by atoms with Crippen LogP contribution in [0.4, 0.5) is 0 Å². The average Bonchev–Trinajstić information content (AvgIpc) is 2.87. The molecule has 1 N–H and O–H groups in total. The number of nitrogens with zero attached hydrogens (tertiary/aromatic N) is 1. The van der Waals surface area contributed by atoms with E-state index in [-0.39, 0.29) is 6.10 Å². The summed E-state index contributed by atoms with van der Waals surface area (Å²) < 4.78 is 11.8. The molecule has 3 rings (SSSR count). The van der Waals surface area contributed by atoms with Gasteiger partial charge in [0.1, 0.15) is 0 Å². The highest BCUT2D eigenvalue weighted by atomic mass is 16.5. The molecule has 0 radical (unpaired) electrons. The summed E-state index contributed by atoms with van der Waals surface area (Å²) in [7, 11) is 0. The Morgan fingerprint density at radius 3 is 3.28 bits per heavy atom. The molecule has 2 saturated heterocycles. The van der Waals surface area contributed by atoms with Crippen molar-refractivity contribution in [1.82, 2.24) is 10.3 Å². The molecular weight excluding hydrogens is 228 g/mol. The zero-order valence-electron chi connectivity index (χ0n) is 10.5. The van der Waals surface area contributed by atoms with Gasteiger partial charge in [0.15, 0.2) is 0 Å². The van der Waals surface area contributed by atoms with Gasteiger partial charge in [-0.25, -0.2) is 0 Å². The number of rotatable bonds is 4. The van der Waals surface area contributed by atoms with E-state index < -0.39 is 0 Å². The van der Waals surface area contributed by atoms with Crippen molar-refractivity contribution in [3.8, 4) is 0 Å². The van der Waals surface area contributed by atoms with E-state index in [0.29, 0.717) is 25.4 Å². The quantitative estimate of drug-likeness (QED) is 0.877. The van der Waals surface area contributed by atoms with Crippen LogP contribution in [-0.4, -0.2) is 36.4 Å². The molecular formula is C14H20N2O2. The monoisotopic (exact) mass is 248 g/mol. The maximum atomic E-state index is 6.05. The molecule has 0 amide bonds. The van der Waals surface area contributed by atoms with Crippen molar-refractivity contribution >= 4 is 0 Å². The van der Waals surface area contributed by atoms with Crippen molar-refractivity contribution in [2.45, 2.75) is 44.1 Å². The van der Waals surface area contributed by atoms with Crippen LogP contribution < -0.4 is 5.32 Å². The third-order valence-corrected chi connectivity index (χ3v) is 3.75. The van der Waals surface area contributed by atoms with Gasteiger partial charge in [-0.15, -0.1) is 0 Å². The van der Waals surface area contributed by atoms with Crippen LogP contribution in [0.5, 0.6) is 0 Å². The lowest BCUT2D eigenvalue weighted by atomic mass is 10.0. The molecule has 0 bridgehead atoms. The molecule has 2 aliphatic rings. The number of ether oxygens (including phenoxy) is 2. The first-order chi connectivity index (χ1) is 8.92. The van der Waals surface area contributed by atoms with Gasteiger partial charge in [0.2, 0.25) is 0 Å². The molecule has 2 aliphatic heterocycles. The van der Waals surface area contributed by atoms with Gasteiger partial charge in [-0.1, -0.05) is 6.07 Å². The minimum absolute atomic E-state index is 0.267. The van der Waals surface area contributed by atoms with Gasteiger partial charge in [0.05, 0.1) is 25.4 Å². The minimum atomic E-state index is 0.267. The smallest absolute Gasteiger partial charge is 0.0813 e. The molecule has 98 valence electrons. The standard InChI is InChI=1S/C14H20N2O2/c1-2-11(8-15-6-1)9-17-10-12-3-4-13-14(18-12)5-7-16-13/h1-2,6,8,12-14,16H,3-5,7,9-10H2/t12-,13-,14-/m1/s1. The maximum Gasteiger partial charge on any atom is 0.0813 e. The van der Waals surface area contributed by atoms with Crippen molar-refractivity contribution in [2.24, 2.45) is 0 Å². The molecule has 1 aromatic rings. The Bertz CT molecular complexity index is 371. The molecule has 0 unspecified atom stereocenters. The van der Waals surface area contributed by atoms with E-state index in [9.17, 15) is 0 Å². The van der Waals surface area contributed by atoms with Gasteiger partial charge in [0.25, 0.3) is 0 Å². The Morgan fingerprint density at radius 1 is 1.39 bits per heavy atom. The Kier molecular flexibility index (Phi) is 3.88. The molecule has 3 heterocycles. The normalized spacial score (nSPS) is 31.2. The van der Waals surface area contributed by atoms with Crippen LogP contribution in [0.15, 0.2) is 24.5 Å². The Morgan fingerprint density at radius 2 is 2.39 bits per heavy atom. The van der Waals surface area contributed by atoms with Crippen molar-refractivity contribution in [2.75, 3.05) is 13.2 Å². The summed E-state index contributed by atoms with van der Waals surface area (Å²) >= 11 is 0. The zero-order chi connectivity index (χ0) is 12.2. The zero-order valence-corrected chi connectivity index (χ0v) is 10.5. The number of nitrogens with one attached hydrogen (secondary N) is 1. The lowest BCUT2D eigenvalue weighted by molar-refractivity contribution is -0.0909. The third kappa shape index (κ3) is 2.88. The third-order valence-electron chi connectivity index (χ3n) is 3.75. The first kappa shape index (κ1) is 12.1. The molecule has 1 aromatic heterocycles. The number of pyridine rings is 1. The Balaban J connectivity index is 1.41. The van der Waals surface area contributed by atoms with E-state index in [1.807, 2.05) is 18.3 Å². The van der Waals surface area contributed by atoms with Crippen LogP contribution in [0.3, 0.4) is 0 Å². The fourth-order valence-corrected chi connectivity index (χ4v) is 2.79. The topological polar surface area (TPSA) is 43.4 Å². The van der Waals surface area contributed by atoms with E-state index in [1.165, 1.54) is 6.42 Å². The van der Waals surface area contributed by atoms with Gasteiger partial charge in [-0.3, -0.25) is 4.98 Å². The van der Waals surface area contributed by atoms with E-state index >= 15 is 0 Å². The van der Waals surface area contributed by atoms with Crippen LogP contribution in [-0.2, 0) is 16.1 Å². The van der Waals surface area contributed by atoms with Crippen molar-refractivity contribution in [3.05, 3.63) is 30.1 Å². The highest BCUT2D eigenvalue weighted by Crippen LogP contribution is 2.25. The summed E-state index contributed by atoms with van der Waals surface area (Å²) in [6.07, 6.45) is 7.75. The van der Waals surface area contributed by atoms with Crippen molar-refractivity contribution in [3.63, 3.8) is 0 Å². The molecule has 4 heteroatoms. The predicted molar refractivity (Wildman–Crippen MR) is 68.2 cm³/mol. The van der Waals surface area contributed by atoms with Gasteiger partial charge >= 0.3 is 0 Å². The van der Waals surface area contributed by atoms with E-state index in [1.54, 1.807) is 6.20 Å². The number of fused-ring (bicyclic) bond motifs is 1. The fraction of sp³-hybridized carbons (Fsp3) is 0.643. The first-order valence-electron chi connectivity index (χ1n) is 6.77. The molecule has 0 spiro atoms. The Labute approximate surface area is 108 Å². The molecule has 0 saturated carbocycles. The highest BCUT2D eigenvalue weighted by molar-refractivity contribution is 5.06. The molecule has 4 nitrogen and oxygen atoms in total. The second-order valence-electron chi connectivity index (χ2n) is 5.10. The summed E-state index contributed by atoms with van der Waals surface area (Å²) in [5.74, 6) is 0. The van der Waals surface area contributed by atoms with Crippen LogP contribution in [0.1, 0.15) is 24.8 Å². The first-order valence-corrected chi connectivity index (χ1v) is 6.77. The largest absolute Gasteiger partial charge is 0.374 e. The molecule has 0 aliphatic carbocycles. The summed E-state index contributed by atoms with van der Waals surface area (Å²) in [6.45, 7) is 2.41. The number of hydrogen-bond acceptors (Lipinski definition) is 4. The average molecular weight is 248 g/mol. The van der Waals surface area contributed by atoms with E-state index in [2.05, 4.69) is 10.3 Å². The summed E-state index contributed by atoms with van der Waals surface area (Å²) in [4.78, 5) is 4.07. The second kappa shape index (κ2) is 5.78. The van der Waals surface area contributed by atoms with E-state index in [4.69, 9.17) is 9.47 Å². The second-order valence-corrected chi connectivity index (χ2v) is 5.10. The molecule has 18 heavy (non-hydrogen) atoms. The Hall–Kier alpha value is -0.970. The lowest BCUT2D eigenvalue weighted by Gasteiger charge is -2.32. The maximum absolute atomic E-state index is 6.05. The van der Waals surface area contributed by atoms with Gasteiger partial charge in [-0.05, 0) is 37.4 Å². The van der Waals surface area contributed by atoms with Crippen molar-refractivity contribution < 1.29 is 9.47 Å². The molecule has 3 atom stereocenters. The van der Waals surface area contributed by atoms with Gasteiger partial charge in [-0.2, -0.15) is 0 Å². The summed E-state index contributed by atoms with van der Waals surface area (Å²) in [6, 6.07) is 4.55. The van der Waals surface area contributed by atoms with E-state index in [0.717, 1.165) is 24.9 Å². The SMILES string of the molecule is c1cncc(COC[C@H]2CC[C@H]3NCC[C@H]3O2)c1. The van der Waals surface area contributed by atoms with Crippen LogP contribution >= 0.6 is 0 Å². The van der Waals surface area contributed by atoms with Crippen molar-refractivity contribution in [1.29, 1.82) is 0 Å². The molecule has 2 fully saturated rings. The van der Waals surface area contributed by atoms with Gasteiger partial charge in [0, 0.05) is 18.4 Å². The highest BCUT2D eigenvalue weighted by Gasteiger charge is 2.34.